The summed E-state index contributed by atoms with van der Waals surface area (Å²) >= 11 is 1.22. The summed E-state index contributed by atoms with van der Waals surface area (Å²) < 4.78 is 21.1. The number of hydrogen-bond donors (Lipinski definition) is 3. The van der Waals surface area contributed by atoms with E-state index < -0.39 is 52.9 Å². The van der Waals surface area contributed by atoms with Gasteiger partial charge in [-0.1, -0.05) is 12.1 Å². The predicted octanol–water partition coefficient (Wildman–Crippen LogP) is 1.28. The molecule has 0 aliphatic carbocycles. The molecule has 3 heterocycles. The van der Waals surface area contributed by atoms with Gasteiger partial charge in [0.25, 0.3) is 5.91 Å². The van der Waals surface area contributed by atoms with Gasteiger partial charge in [0.15, 0.2) is 11.5 Å². The Morgan fingerprint density at radius 3 is 2.63 bits per heavy atom. The fourth-order valence-corrected chi connectivity index (χ4v) is 5.44. The molecule has 3 aliphatic heterocycles. The minimum atomic E-state index is -1.35. The molecule has 0 saturated carbocycles. The van der Waals surface area contributed by atoms with Crippen molar-refractivity contribution in [3.63, 3.8) is 0 Å². The minimum Gasteiger partial charge on any atom is -0.477 e. The zero-order valence-corrected chi connectivity index (χ0v) is 21.9. The van der Waals surface area contributed by atoms with Crippen LogP contribution >= 0.6 is 11.8 Å². The molecule has 0 aromatic heterocycles. The van der Waals surface area contributed by atoms with Crippen molar-refractivity contribution in [2.75, 3.05) is 19.2 Å². The van der Waals surface area contributed by atoms with Gasteiger partial charge in [-0.2, -0.15) is 0 Å². The molecule has 1 aromatic rings. The fraction of sp³-hybridized carbons (Fsp3) is 0.458. The van der Waals surface area contributed by atoms with E-state index in [1.165, 1.54) is 18.7 Å². The number of fused-ring (bicyclic) bond motifs is 2. The summed E-state index contributed by atoms with van der Waals surface area (Å²) in [6.07, 6.45) is -0.867. The molecule has 0 spiro atoms. The number of esters is 1. The number of carbonyl (C=O) groups excluding carboxylic acids is 4. The van der Waals surface area contributed by atoms with E-state index >= 15 is 0 Å². The normalized spacial score (nSPS) is 20.6. The Kier molecular flexibility index (Phi) is 7.44. The lowest BCUT2D eigenvalue weighted by atomic mass is 10.0. The van der Waals surface area contributed by atoms with Crippen LogP contribution in [0.4, 0.5) is 4.79 Å². The van der Waals surface area contributed by atoms with Crippen molar-refractivity contribution in [1.29, 1.82) is 0 Å². The second-order valence-corrected chi connectivity index (χ2v) is 10.7. The smallest absolute Gasteiger partial charge is 0.408 e. The Morgan fingerprint density at radius 2 is 1.97 bits per heavy atom. The molecule has 3 atom stereocenters. The van der Waals surface area contributed by atoms with Crippen LogP contribution in [-0.2, 0) is 28.7 Å². The maximum absolute atomic E-state index is 13.5. The van der Waals surface area contributed by atoms with E-state index in [1.54, 1.807) is 39.0 Å². The maximum atomic E-state index is 13.5. The SMILES string of the molecule is CC(=O)OCC1=C(C(=O)O)N2C(=O)[C@@H](NC(=O)C(NC(=O)OC(C)(C)C)c3cccc4c3OCO4)[C@H]2SC1. The largest absolute Gasteiger partial charge is 0.477 e. The second-order valence-electron chi connectivity index (χ2n) is 9.59. The van der Waals surface area contributed by atoms with Crippen molar-refractivity contribution >= 4 is 41.6 Å². The summed E-state index contributed by atoms with van der Waals surface area (Å²) in [6.45, 7) is 5.88. The number of aliphatic carboxylic acids is 1. The molecule has 0 bridgehead atoms. The van der Waals surface area contributed by atoms with Crippen LogP contribution in [0.5, 0.6) is 11.5 Å². The Bertz CT molecular complexity index is 1220. The number of carbonyl (C=O) groups is 5. The molecule has 14 heteroatoms. The first-order valence-electron chi connectivity index (χ1n) is 11.6. The van der Waals surface area contributed by atoms with Crippen LogP contribution in [0.3, 0.4) is 0 Å². The fourth-order valence-electron chi connectivity index (χ4n) is 4.11. The Labute approximate surface area is 221 Å². The molecule has 3 aliphatic rings. The van der Waals surface area contributed by atoms with Crippen molar-refractivity contribution in [3.8, 4) is 11.5 Å². The van der Waals surface area contributed by atoms with Gasteiger partial charge in [-0.25, -0.2) is 9.59 Å². The number of ether oxygens (including phenoxy) is 4. The number of hydrogen-bond acceptors (Lipinski definition) is 10. The van der Waals surface area contributed by atoms with Crippen LogP contribution in [0.1, 0.15) is 39.3 Å². The standard InChI is InChI=1S/C24H27N3O10S/c1-11(28)34-8-12-9-38-21-16(20(30)27(21)17(12)22(31)32)25-19(29)15(26-23(33)37-24(2,3)4)13-6-5-7-14-18(13)36-10-35-14/h5-7,15-16,21H,8-10H2,1-4H3,(H,25,29)(H,26,33)(H,31,32)/t15?,16-,21-/m1/s1. The van der Waals surface area contributed by atoms with E-state index in [-0.39, 0.29) is 41.7 Å². The number of nitrogens with zero attached hydrogens (tertiary/aromatic N) is 1. The maximum Gasteiger partial charge on any atom is 0.408 e. The van der Waals surface area contributed by atoms with E-state index in [0.717, 1.165) is 4.90 Å². The van der Waals surface area contributed by atoms with Gasteiger partial charge in [0, 0.05) is 23.8 Å². The highest BCUT2D eigenvalue weighted by Crippen LogP contribution is 2.42. The Hall–Kier alpha value is -3.94. The zero-order valence-electron chi connectivity index (χ0n) is 21.1. The summed E-state index contributed by atoms with van der Waals surface area (Å²) in [5, 5.41) is 14.2. The lowest BCUT2D eigenvalue weighted by Gasteiger charge is -2.49. The van der Waals surface area contributed by atoms with E-state index in [4.69, 9.17) is 18.9 Å². The second kappa shape index (κ2) is 10.4. The molecule has 13 nitrogen and oxygen atoms in total. The average molecular weight is 550 g/mol. The minimum absolute atomic E-state index is 0.0676. The van der Waals surface area contributed by atoms with Gasteiger partial charge in [0.05, 0.1) is 0 Å². The highest BCUT2D eigenvalue weighted by molar-refractivity contribution is 8.00. The lowest BCUT2D eigenvalue weighted by Crippen LogP contribution is -2.71. The number of carboxylic acids is 1. The van der Waals surface area contributed by atoms with Crippen LogP contribution in [0.25, 0.3) is 0 Å². The van der Waals surface area contributed by atoms with Gasteiger partial charge < -0.3 is 34.7 Å². The summed E-state index contributed by atoms with van der Waals surface area (Å²) in [4.78, 5) is 63.3. The topological polar surface area (TPSA) is 170 Å². The van der Waals surface area contributed by atoms with Gasteiger partial charge in [0.1, 0.15) is 35.4 Å². The number of alkyl carbamates (subject to hydrolysis) is 1. The van der Waals surface area contributed by atoms with Gasteiger partial charge in [-0.05, 0) is 26.8 Å². The molecule has 3 N–H and O–H groups in total. The third-order valence-electron chi connectivity index (χ3n) is 5.66. The zero-order chi connectivity index (χ0) is 27.8. The molecular weight excluding hydrogens is 522 g/mol. The molecule has 38 heavy (non-hydrogen) atoms. The number of β-lactam (4-membered cyclic amide) rings is 1. The van der Waals surface area contributed by atoms with Crippen molar-refractivity contribution < 1.29 is 48.0 Å². The highest BCUT2D eigenvalue weighted by Gasteiger charge is 2.54. The summed E-state index contributed by atoms with van der Waals surface area (Å²) in [5.74, 6) is -2.49. The van der Waals surface area contributed by atoms with Crippen molar-refractivity contribution in [1.82, 2.24) is 15.5 Å². The first kappa shape index (κ1) is 27.1. The van der Waals surface area contributed by atoms with Gasteiger partial charge in [-0.3, -0.25) is 19.3 Å². The lowest BCUT2D eigenvalue weighted by molar-refractivity contribution is -0.151. The Balaban J connectivity index is 1.56. The molecule has 1 aromatic carbocycles. The first-order valence-corrected chi connectivity index (χ1v) is 12.6. The van der Waals surface area contributed by atoms with Gasteiger partial charge >= 0.3 is 18.0 Å². The van der Waals surface area contributed by atoms with Gasteiger partial charge in [0.2, 0.25) is 12.7 Å². The first-order chi connectivity index (χ1) is 17.9. The van der Waals surface area contributed by atoms with E-state index in [2.05, 4.69) is 10.6 Å². The number of benzene rings is 1. The van der Waals surface area contributed by atoms with E-state index in [9.17, 15) is 29.1 Å². The molecule has 1 fully saturated rings. The molecule has 4 rings (SSSR count). The molecule has 1 unspecified atom stereocenters. The molecule has 204 valence electrons. The van der Waals surface area contributed by atoms with E-state index in [1.807, 2.05) is 0 Å². The van der Waals surface area contributed by atoms with Crippen LogP contribution < -0.4 is 20.1 Å². The molecule has 1 saturated heterocycles. The number of carboxylic acid groups (broad SMARTS) is 1. The number of thioether (sulfide) groups is 1. The number of para-hydroxylation sites is 1. The van der Waals surface area contributed by atoms with Crippen LogP contribution in [0.2, 0.25) is 0 Å². The molecule has 0 radical (unpaired) electrons. The summed E-state index contributed by atoms with van der Waals surface area (Å²) in [5.41, 5.74) is -0.553. The monoisotopic (exact) mass is 549 g/mol. The van der Waals surface area contributed by atoms with Crippen molar-refractivity contribution in [2.45, 2.75) is 50.8 Å². The third-order valence-corrected chi connectivity index (χ3v) is 7.00. The van der Waals surface area contributed by atoms with E-state index in [0.29, 0.717) is 5.75 Å². The van der Waals surface area contributed by atoms with Crippen molar-refractivity contribution in [2.24, 2.45) is 0 Å². The molecule has 3 amide bonds. The molecular formula is C24H27N3O10S. The Morgan fingerprint density at radius 1 is 1.24 bits per heavy atom. The van der Waals surface area contributed by atoms with Crippen LogP contribution in [0, 0.1) is 0 Å². The summed E-state index contributed by atoms with van der Waals surface area (Å²) in [6, 6.07) is 2.47. The third kappa shape index (κ3) is 5.49. The number of rotatable bonds is 7. The van der Waals surface area contributed by atoms with Crippen LogP contribution in [0.15, 0.2) is 29.5 Å². The quantitative estimate of drug-likeness (QED) is 0.331. The highest BCUT2D eigenvalue weighted by atomic mass is 32.2. The predicted molar refractivity (Wildman–Crippen MR) is 131 cm³/mol. The number of amides is 3. The average Bonchev–Trinajstić information content (AvgIpc) is 3.31. The van der Waals surface area contributed by atoms with Crippen LogP contribution in [-0.4, -0.2) is 76.0 Å². The van der Waals surface area contributed by atoms with Gasteiger partial charge in [-0.15, -0.1) is 11.8 Å². The summed E-state index contributed by atoms with van der Waals surface area (Å²) in [7, 11) is 0. The number of nitrogens with one attached hydrogen (secondary N) is 2. The van der Waals surface area contributed by atoms with Crippen molar-refractivity contribution in [3.05, 3.63) is 35.0 Å².